The second-order valence-electron chi connectivity index (χ2n) is 4.09. The van der Waals surface area contributed by atoms with Crippen LogP contribution in [0.1, 0.15) is 16.8 Å². The second-order valence-corrected chi connectivity index (χ2v) is 4.09. The van der Waals surface area contributed by atoms with Crippen molar-refractivity contribution < 1.29 is 0 Å². The fraction of sp³-hybridized carbons (Fsp3) is 0.214. The van der Waals surface area contributed by atoms with Crippen molar-refractivity contribution in [2.45, 2.75) is 20.0 Å². The van der Waals surface area contributed by atoms with Gasteiger partial charge in [-0.2, -0.15) is 0 Å². The first-order chi connectivity index (χ1) is 8.25. The molecule has 88 valence electrons. The van der Waals surface area contributed by atoms with Crippen LogP contribution in [-0.2, 0) is 13.1 Å². The first kappa shape index (κ1) is 11.6. The van der Waals surface area contributed by atoms with Gasteiger partial charge in [-0.25, -0.2) is 0 Å². The van der Waals surface area contributed by atoms with Gasteiger partial charge in [-0.1, -0.05) is 30.3 Å². The number of aromatic nitrogens is 1. The molecule has 0 bridgehead atoms. The zero-order valence-corrected chi connectivity index (χ0v) is 9.86. The molecule has 1 heterocycles. The molecule has 0 aliphatic heterocycles. The summed E-state index contributed by atoms with van der Waals surface area (Å²) in [6.07, 6.45) is 1.77. The average molecular weight is 228 g/mol. The SMILES string of the molecule is Cc1cc(=O)c(CNCc2ccccc2)c[nH]1. The van der Waals surface area contributed by atoms with Crippen molar-refractivity contribution in [2.24, 2.45) is 0 Å². The number of H-pyrrole nitrogens is 1. The molecule has 0 spiro atoms. The summed E-state index contributed by atoms with van der Waals surface area (Å²) in [7, 11) is 0. The molecule has 2 aromatic rings. The molecule has 3 heteroatoms. The molecular weight excluding hydrogens is 212 g/mol. The third-order valence-electron chi connectivity index (χ3n) is 2.63. The smallest absolute Gasteiger partial charge is 0.186 e. The quantitative estimate of drug-likeness (QED) is 0.840. The zero-order valence-electron chi connectivity index (χ0n) is 9.86. The Balaban J connectivity index is 1.93. The summed E-state index contributed by atoms with van der Waals surface area (Å²) in [5.74, 6) is 0. The number of rotatable bonds is 4. The molecule has 0 fully saturated rings. The maximum absolute atomic E-state index is 11.6. The molecule has 0 unspecified atom stereocenters. The molecule has 2 N–H and O–H groups in total. The molecule has 0 saturated carbocycles. The standard InChI is InChI=1S/C14H16N2O/c1-11-7-14(17)13(10-16-11)9-15-8-12-5-3-2-4-6-12/h2-7,10,15H,8-9H2,1H3,(H,16,17). The summed E-state index contributed by atoms with van der Waals surface area (Å²) in [4.78, 5) is 14.7. The van der Waals surface area contributed by atoms with Crippen LogP contribution in [0.2, 0.25) is 0 Å². The van der Waals surface area contributed by atoms with Crippen LogP contribution < -0.4 is 10.7 Å². The van der Waals surface area contributed by atoms with E-state index in [1.807, 2.05) is 25.1 Å². The average Bonchev–Trinajstić information content (AvgIpc) is 2.33. The first-order valence-corrected chi connectivity index (χ1v) is 5.68. The number of aryl methyl sites for hydroxylation is 1. The lowest BCUT2D eigenvalue weighted by Crippen LogP contribution is -2.19. The van der Waals surface area contributed by atoms with E-state index in [1.54, 1.807) is 12.3 Å². The van der Waals surface area contributed by atoms with Crippen molar-refractivity contribution in [3.63, 3.8) is 0 Å². The van der Waals surface area contributed by atoms with E-state index in [9.17, 15) is 4.79 Å². The van der Waals surface area contributed by atoms with Gasteiger partial charge in [0, 0.05) is 36.6 Å². The third-order valence-corrected chi connectivity index (χ3v) is 2.63. The first-order valence-electron chi connectivity index (χ1n) is 5.68. The monoisotopic (exact) mass is 228 g/mol. The minimum atomic E-state index is 0.0850. The van der Waals surface area contributed by atoms with Crippen LogP contribution in [0.3, 0.4) is 0 Å². The van der Waals surface area contributed by atoms with Crippen molar-refractivity contribution in [3.05, 3.63) is 69.6 Å². The van der Waals surface area contributed by atoms with Gasteiger partial charge in [0.25, 0.3) is 0 Å². The van der Waals surface area contributed by atoms with E-state index in [-0.39, 0.29) is 5.43 Å². The topological polar surface area (TPSA) is 44.9 Å². The van der Waals surface area contributed by atoms with Gasteiger partial charge < -0.3 is 10.3 Å². The highest BCUT2D eigenvalue weighted by Crippen LogP contribution is 1.98. The van der Waals surface area contributed by atoms with Crippen molar-refractivity contribution in [2.75, 3.05) is 0 Å². The highest BCUT2D eigenvalue weighted by Gasteiger charge is 1.99. The van der Waals surface area contributed by atoms with E-state index in [4.69, 9.17) is 0 Å². The van der Waals surface area contributed by atoms with Gasteiger partial charge in [-0.05, 0) is 12.5 Å². The molecule has 3 nitrogen and oxygen atoms in total. The number of pyridine rings is 1. The molecule has 0 aliphatic carbocycles. The predicted octanol–water partition coefficient (Wildman–Crippen LogP) is 1.97. The van der Waals surface area contributed by atoms with Gasteiger partial charge in [0.2, 0.25) is 0 Å². The van der Waals surface area contributed by atoms with Crippen LogP contribution in [-0.4, -0.2) is 4.98 Å². The number of hydrogen-bond donors (Lipinski definition) is 2. The number of nitrogens with one attached hydrogen (secondary N) is 2. The van der Waals surface area contributed by atoms with Gasteiger partial charge >= 0.3 is 0 Å². The third kappa shape index (κ3) is 3.29. The summed E-state index contributed by atoms with van der Waals surface area (Å²) in [6.45, 7) is 3.24. The van der Waals surface area contributed by atoms with Crippen LogP contribution in [0.5, 0.6) is 0 Å². The van der Waals surface area contributed by atoms with Gasteiger partial charge in [0.05, 0.1) is 0 Å². The summed E-state index contributed by atoms with van der Waals surface area (Å²) in [5.41, 5.74) is 2.96. The van der Waals surface area contributed by atoms with Gasteiger partial charge in [0.15, 0.2) is 5.43 Å². The predicted molar refractivity (Wildman–Crippen MR) is 68.8 cm³/mol. The van der Waals surface area contributed by atoms with Crippen LogP contribution in [0, 0.1) is 6.92 Å². The van der Waals surface area contributed by atoms with E-state index in [0.29, 0.717) is 6.54 Å². The number of benzene rings is 1. The van der Waals surface area contributed by atoms with Gasteiger partial charge in [-0.15, -0.1) is 0 Å². The Morgan fingerprint density at radius 3 is 2.65 bits per heavy atom. The van der Waals surface area contributed by atoms with Crippen LogP contribution in [0.25, 0.3) is 0 Å². The molecule has 0 amide bonds. The minimum absolute atomic E-state index is 0.0850. The molecule has 17 heavy (non-hydrogen) atoms. The fourth-order valence-electron chi connectivity index (χ4n) is 1.68. The van der Waals surface area contributed by atoms with Crippen LogP contribution in [0.15, 0.2) is 47.4 Å². The minimum Gasteiger partial charge on any atom is -0.365 e. The maximum Gasteiger partial charge on any atom is 0.186 e. The molecule has 2 rings (SSSR count). The van der Waals surface area contributed by atoms with E-state index < -0.39 is 0 Å². The molecule has 0 atom stereocenters. The lowest BCUT2D eigenvalue weighted by atomic mass is 10.2. The summed E-state index contributed by atoms with van der Waals surface area (Å²) >= 11 is 0. The molecule has 0 aliphatic rings. The Kier molecular flexibility index (Phi) is 3.73. The zero-order chi connectivity index (χ0) is 12.1. The van der Waals surface area contributed by atoms with Crippen LogP contribution in [0.4, 0.5) is 0 Å². The Morgan fingerprint density at radius 2 is 1.94 bits per heavy atom. The molecule has 0 radical (unpaired) electrons. The van der Waals surface area contributed by atoms with E-state index in [1.165, 1.54) is 5.56 Å². The number of aromatic amines is 1. The number of hydrogen-bond acceptors (Lipinski definition) is 2. The lowest BCUT2D eigenvalue weighted by molar-refractivity contribution is 0.688. The summed E-state index contributed by atoms with van der Waals surface area (Å²) < 4.78 is 0. The van der Waals surface area contributed by atoms with E-state index in [0.717, 1.165) is 17.8 Å². The van der Waals surface area contributed by atoms with Crippen molar-refractivity contribution in [1.82, 2.24) is 10.3 Å². The second kappa shape index (κ2) is 5.46. The van der Waals surface area contributed by atoms with Crippen molar-refractivity contribution in [3.8, 4) is 0 Å². The van der Waals surface area contributed by atoms with E-state index >= 15 is 0 Å². The molecule has 1 aromatic carbocycles. The Bertz CT molecular complexity index is 531. The Morgan fingerprint density at radius 1 is 1.18 bits per heavy atom. The Hall–Kier alpha value is -1.87. The summed E-state index contributed by atoms with van der Waals surface area (Å²) in [6, 6.07) is 11.8. The summed E-state index contributed by atoms with van der Waals surface area (Å²) in [5, 5.41) is 3.26. The highest BCUT2D eigenvalue weighted by atomic mass is 16.1. The maximum atomic E-state index is 11.6. The molecule has 0 saturated heterocycles. The molecule has 1 aromatic heterocycles. The van der Waals surface area contributed by atoms with E-state index in [2.05, 4.69) is 22.4 Å². The normalized spacial score (nSPS) is 10.4. The fourth-order valence-corrected chi connectivity index (χ4v) is 1.68. The Labute approximate surface area is 101 Å². The lowest BCUT2D eigenvalue weighted by Gasteiger charge is -2.04. The van der Waals surface area contributed by atoms with Gasteiger partial charge in [0.1, 0.15) is 0 Å². The van der Waals surface area contributed by atoms with Gasteiger partial charge in [-0.3, -0.25) is 4.79 Å². The van der Waals surface area contributed by atoms with Crippen molar-refractivity contribution in [1.29, 1.82) is 0 Å². The van der Waals surface area contributed by atoms with Crippen molar-refractivity contribution >= 4 is 0 Å². The largest absolute Gasteiger partial charge is 0.365 e. The highest BCUT2D eigenvalue weighted by molar-refractivity contribution is 5.16. The molecular formula is C14H16N2O. The van der Waals surface area contributed by atoms with Crippen LogP contribution >= 0.6 is 0 Å².